The molecule has 0 aromatic carbocycles. The first-order chi connectivity index (χ1) is 8.41. The van der Waals surface area contributed by atoms with E-state index in [4.69, 9.17) is 15.3 Å². The molecule has 0 heterocycles. The lowest BCUT2D eigenvalue weighted by atomic mass is 9.96. The van der Waals surface area contributed by atoms with Gasteiger partial charge in [-0.2, -0.15) is 0 Å². The maximum absolute atomic E-state index is 11.6. The van der Waals surface area contributed by atoms with Gasteiger partial charge >= 0.3 is 19.7 Å². The van der Waals surface area contributed by atoms with Gasteiger partial charge < -0.3 is 15.3 Å². The lowest BCUT2D eigenvalue weighted by Gasteiger charge is -2.10. The number of rotatable bonds is 9. The third-order valence-electron chi connectivity index (χ3n) is 3.42. The van der Waals surface area contributed by atoms with Crippen molar-refractivity contribution in [1.82, 2.24) is 0 Å². The van der Waals surface area contributed by atoms with Gasteiger partial charge in [0.1, 0.15) is 12.3 Å². The number of carbonyl (C=O) groups is 2. The summed E-state index contributed by atoms with van der Waals surface area (Å²) >= 11 is 0. The van der Waals surface area contributed by atoms with Gasteiger partial charge in [-0.05, 0) is 18.3 Å². The van der Waals surface area contributed by atoms with E-state index in [0.717, 1.165) is 0 Å². The standard InChI is InChI=1S/C11H17O6P/c12-3-1-4-18(17)5-2-11(7-9(13)14)6-8(11)10(15)16/h8,12H,1-7H2,(H-,13,14,15,16)/p+1. The van der Waals surface area contributed by atoms with Crippen molar-refractivity contribution in [3.63, 3.8) is 0 Å². The van der Waals surface area contributed by atoms with Crippen molar-refractivity contribution in [2.45, 2.75) is 25.7 Å². The summed E-state index contributed by atoms with van der Waals surface area (Å²) in [6, 6.07) is 0. The van der Waals surface area contributed by atoms with Crippen LogP contribution >= 0.6 is 7.80 Å². The first-order valence-corrected chi connectivity index (χ1v) is 7.52. The molecule has 1 aliphatic carbocycles. The van der Waals surface area contributed by atoms with Gasteiger partial charge in [0, 0.05) is 13.0 Å². The van der Waals surface area contributed by atoms with Gasteiger partial charge in [0.15, 0.2) is 0 Å². The maximum atomic E-state index is 11.6. The number of hydrogen-bond donors (Lipinski definition) is 3. The molecule has 0 aromatic rings. The Balaban J connectivity index is 2.47. The summed E-state index contributed by atoms with van der Waals surface area (Å²) in [7, 11) is -1.47. The molecule has 1 aliphatic rings. The van der Waals surface area contributed by atoms with Crippen LogP contribution in [-0.4, -0.2) is 46.2 Å². The highest BCUT2D eigenvalue weighted by molar-refractivity contribution is 7.44. The van der Waals surface area contributed by atoms with Crippen molar-refractivity contribution < 1.29 is 29.5 Å². The minimum Gasteiger partial charge on any atom is -0.481 e. The van der Waals surface area contributed by atoms with E-state index in [9.17, 15) is 14.2 Å². The van der Waals surface area contributed by atoms with Crippen LogP contribution in [0.25, 0.3) is 0 Å². The molecule has 1 rings (SSSR count). The summed E-state index contributed by atoms with van der Waals surface area (Å²) in [4.78, 5) is 21.6. The third-order valence-corrected chi connectivity index (χ3v) is 4.95. The van der Waals surface area contributed by atoms with E-state index < -0.39 is 31.1 Å². The molecule has 0 radical (unpaired) electrons. The van der Waals surface area contributed by atoms with E-state index in [1.54, 1.807) is 0 Å². The van der Waals surface area contributed by atoms with Gasteiger partial charge in [-0.1, -0.05) is 4.57 Å². The second-order valence-electron chi connectivity index (χ2n) is 4.78. The lowest BCUT2D eigenvalue weighted by molar-refractivity contribution is -0.141. The van der Waals surface area contributed by atoms with E-state index in [1.807, 2.05) is 0 Å². The van der Waals surface area contributed by atoms with Gasteiger partial charge in [0.05, 0.1) is 12.3 Å². The van der Waals surface area contributed by atoms with Crippen molar-refractivity contribution in [3.05, 3.63) is 0 Å². The Kier molecular flexibility index (Phi) is 5.23. The quantitative estimate of drug-likeness (QED) is 0.545. The highest BCUT2D eigenvalue weighted by Gasteiger charge is 2.59. The second kappa shape index (κ2) is 6.25. The van der Waals surface area contributed by atoms with Crippen LogP contribution in [0.3, 0.4) is 0 Å². The van der Waals surface area contributed by atoms with Gasteiger partial charge in [-0.3, -0.25) is 9.59 Å². The molecule has 0 aromatic heterocycles. The molecule has 0 bridgehead atoms. The highest BCUT2D eigenvalue weighted by Crippen LogP contribution is 2.59. The molecule has 3 atom stereocenters. The summed E-state index contributed by atoms with van der Waals surface area (Å²) in [6.45, 7) is -0.0148. The highest BCUT2D eigenvalue weighted by atomic mass is 31.1. The lowest BCUT2D eigenvalue weighted by Crippen LogP contribution is -2.16. The number of carboxylic acid groups (broad SMARTS) is 2. The third kappa shape index (κ3) is 4.03. The average molecular weight is 277 g/mol. The zero-order valence-electron chi connectivity index (χ0n) is 10.0. The second-order valence-corrected chi connectivity index (χ2v) is 6.64. The summed E-state index contributed by atoms with van der Waals surface area (Å²) in [5.41, 5.74) is -0.706. The molecule has 0 amide bonds. The van der Waals surface area contributed by atoms with Gasteiger partial charge in [-0.25, -0.2) is 0 Å². The normalized spacial score (nSPS) is 26.7. The number of carboxylic acids is 2. The molecule has 18 heavy (non-hydrogen) atoms. The minimum absolute atomic E-state index is 0.0148. The van der Waals surface area contributed by atoms with Crippen LogP contribution in [-0.2, 0) is 14.2 Å². The summed E-state index contributed by atoms with van der Waals surface area (Å²) < 4.78 is 11.6. The van der Waals surface area contributed by atoms with Crippen LogP contribution in [0, 0.1) is 11.3 Å². The Labute approximate surface area is 106 Å². The fraction of sp³-hybridized carbons (Fsp3) is 0.818. The predicted octanol–water partition coefficient (Wildman–Crippen LogP) is 1.15. The molecule has 6 nitrogen and oxygen atoms in total. The van der Waals surface area contributed by atoms with Crippen molar-refractivity contribution in [1.29, 1.82) is 0 Å². The van der Waals surface area contributed by atoms with Gasteiger partial charge in [0.2, 0.25) is 0 Å². The average Bonchev–Trinajstić information content (AvgIpc) is 2.98. The Hall–Kier alpha value is -1.00. The van der Waals surface area contributed by atoms with E-state index in [0.29, 0.717) is 31.6 Å². The summed E-state index contributed by atoms with van der Waals surface area (Å²) in [6.07, 6.45) is 1.77. The van der Waals surface area contributed by atoms with Crippen LogP contribution in [0.4, 0.5) is 0 Å². The fourth-order valence-corrected chi connectivity index (χ4v) is 3.68. The molecular formula is C11H18O6P+. The SMILES string of the molecule is O=C(O)CC1(CC[P+](=O)CCCO)CC1C(=O)O. The Morgan fingerprint density at radius 2 is 1.94 bits per heavy atom. The Bertz CT molecular complexity index is 355. The van der Waals surface area contributed by atoms with Crippen molar-refractivity contribution in [2.75, 3.05) is 18.9 Å². The minimum atomic E-state index is -1.47. The molecule has 1 fully saturated rings. The first-order valence-electron chi connectivity index (χ1n) is 5.89. The zero-order valence-corrected chi connectivity index (χ0v) is 10.9. The predicted molar refractivity (Wildman–Crippen MR) is 64.1 cm³/mol. The molecule has 0 spiro atoms. The fourth-order valence-electron chi connectivity index (χ4n) is 2.26. The summed E-state index contributed by atoms with van der Waals surface area (Å²) in [5, 5.41) is 26.3. The number of aliphatic hydroxyl groups excluding tert-OH is 1. The van der Waals surface area contributed by atoms with Crippen molar-refractivity contribution in [2.24, 2.45) is 11.3 Å². The van der Waals surface area contributed by atoms with Crippen LogP contribution in [0.5, 0.6) is 0 Å². The van der Waals surface area contributed by atoms with E-state index >= 15 is 0 Å². The molecule has 3 N–H and O–H groups in total. The number of aliphatic hydroxyl groups is 1. The van der Waals surface area contributed by atoms with Crippen molar-refractivity contribution in [3.8, 4) is 0 Å². The van der Waals surface area contributed by atoms with Crippen LogP contribution in [0.2, 0.25) is 0 Å². The topological polar surface area (TPSA) is 112 Å². The van der Waals surface area contributed by atoms with E-state index in [2.05, 4.69) is 0 Å². The Morgan fingerprint density at radius 1 is 1.28 bits per heavy atom. The van der Waals surface area contributed by atoms with Crippen LogP contribution < -0.4 is 0 Å². The van der Waals surface area contributed by atoms with E-state index in [-0.39, 0.29) is 13.0 Å². The number of aliphatic carboxylic acids is 2. The smallest absolute Gasteiger partial charge is 0.338 e. The van der Waals surface area contributed by atoms with Gasteiger partial charge in [-0.15, -0.1) is 0 Å². The monoisotopic (exact) mass is 277 g/mol. The molecule has 102 valence electrons. The van der Waals surface area contributed by atoms with Crippen molar-refractivity contribution >= 4 is 19.7 Å². The molecule has 1 saturated carbocycles. The first kappa shape index (κ1) is 15.1. The molecule has 0 saturated heterocycles. The van der Waals surface area contributed by atoms with Crippen LogP contribution in [0.15, 0.2) is 0 Å². The molecular weight excluding hydrogens is 259 g/mol. The molecule has 3 unspecified atom stereocenters. The van der Waals surface area contributed by atoms with Crippen LogP contribution in [0.1, 0.15) is 25.7 Å². The zero-order chi connectivity index (χ0) is 13.8. The largest absolute Gasteiger partial charge is 0.481 e. The Morgan fingerprint density at radius 3 is 2.39 bits per heavy atom. The number of hydrogen-bond acceptors (Lipinski definition) is 4. The summed E-state index contributed by atoms with van der Waals surface area (Å²) in [5.74, 6) is -2.60. The molecule has 0 aliphatic heterocycles. The van der Waals surface area contributed by atoms with Gasteiger partial charge in [0.25, 0.3) is 0 Å². The molecule has 7 heteroatoms. The maximum Gasteiger partial charge on any atom is 0.338 e. The van der Waals surface area contributed by atoms with E-state index in [1.165, 1.54) is 0 Å².